The van der Waals surface area contributed by atoms with E-state index in [4.69, 9.17) is 9.05 Å². The van der Waals surface area contributed by atoms with Crippen molar-refractivity contribution in [1.82, 2.24) is 25.9 Å². The largest absolute Gasteiger partial charge is 0.390 e. The van der Waals surface area contributed by atoms with Gasteiger partial charge in [0, 0.05) is 45.4 Å². The van der Waals surface area contributed by atoms with Crippen molar-refractivity contribution >= 4 is 25.3 Å². The van der Waals surface area contributed by atoms with Gasteiger partial charge in [0.15, 0.2) is 0 Å². The van der Waals surface area contributed by atoms with Crippen LogP contribution in [0.3, 0.4) is 0 Å². The molecule has 1 heterocycles. The molecule has 12 nitrogen and oxygen atoms in total. The molecule has 1 aromatic heterocycles. The van der Waals surface area contributed by atoms with Crippen LogP contribution in [0.25, 0.3) is 0 Å². The van der Waals surface area contributed by atoms with Gasteiger partial charge >= 0.3 is 7.60 Å². The lowest BCUT2D eigenvalue weighted by Gasteiger charge is -2.32. The van der Waals surface area contributed by atoms with Crippen molar-refractivity contribution < 1.29 is 33.1 Å². The van der Waals surface area contributed by atoms with Gasteiger partial charge in [-0.3, -0.25) is 18.9 Å². The maximum atomic E-state index is 14.0. The minimum absolute atomic E-state index is 0.0897. The number of amides is 3. The molecule has 0 aliphatic heterocycles. The van der Waals surface area contributed by atoms with E-state index in [9.17, 15) is 24.1 Å². The quantitative estimate of drug-likeness (QED) is 0.159. The Balaban J connectivity index is 1.85. The van der Waals surface area contributed by atoms with Gasteiger partial charge in [0.1, 0.15) is 12.1 Å². The smallest absolute Gasteiger partial charge is 0.332 e. The summed E-state index contributed by atoms with van der Waals surface area (Å²) in [7, 11) is -1.07. The van der Waals surface area contributed by atoms with Crippen LogP contribution >= 0.6 is 7.60 Å². The summed E-state index contributed by atoms with van der Waals surface area (Å²) >= 11 is 0. The van der Waals surface area contributed by atoms with Crippen LogP contribution in [-0.2, 0) is 40.8 Å². The highest BCUT2D eigenvalue weighted by Gasteiger charge is 2.35. The normalized spacial score (nSPS) is 17.0. The van der Waals surface area contributed by atoms with E-state index in [1.807, 2.05) is 51.1 Å². The monoisotopic (exact) mass is 661 g/mol. The van der Waals surface area contributed by atoms with E-state index in [2.05, 4.69) is 25.9 Å². The fraction of sp³-hybridized carbons (Fsp3) is 0.636. The molecule has 0 spiro atoms. The highest BCUT2D eigenvalue weighted by atomic mass is 31.2. The summed E-state index contributed by atoms with van der Waals surface area (Å²) < 4.78 is 23.1. The van der Waals surface area contributed by atoms with Crippen molar-refractivity contribution in [2.24, 2.45) is 11.3 Å². The van der Waals surface area contributed by atoms with Crippen LogP contribution in [0.2, 0.25) is 0 Å². The van der Waals surface area contributed by atoms with Gasteiger partial charge in [0.25, 0.3) is 0 Å². The lowest BCUT2D eigenvalue weighted by molar-refractivity contribution is -0.133. The molecule has 1 aliphatic carbocycles. The number of H-pyrrole nitrogens is 1. The van der Waals surface area contributed by atoms with E-state index in [-0.39, 0.29) is 42.7 Å². The molecule has 1 aromatic carbocycles. The number of carbonyl (C=O) groups is 3. The predicted molar refractivity (Wildman–Crippen MR) is 176 cm³/mol. The SMILES string of the molecule is COP(=O)(C[C@H](O)[C@H](CC1CCCCC1)NC(=O)[C@H](Cc1cnc[nH]1)NC(=O)[C@H](Cc1ccccc1)NC(=O)CC(C)(C)C)OC. The summed E-state index contributed by atoms with van der Waals surface area (Å²) in [5.74, 6) is -1.04. The lowest BCUT2D eigenvalue weighted by atomic mass is 9.83. The third kappa shape index (κ3) is 12.6. The fourth-order valence-electron chi connectivity index (χ4n) is 5.84. The number of aliphatic hydroxyl groups excluding tert-OH is 1. The summed E-state index contributed by atoms with van der Waals surface area (Å²) in [5.41, 5.74) is 1.18. The van der Waals surface area contributed by atoms with E-state index in [0.29, 0.717) is 12.1 Å². The summed E-state index contributed by atoms with van der Waals surface area (Å²) in [4.78, 5) is 47.8. The third-order valence-corrected chi connectivity index (χ3v) is 10.2. The number of hydrogen-bond donors (Lipinski definition) is 5. The van der Waals surface area contributed by atoms with E-state index in [1.54, 1.807) is 6.20 Å². The Hall–Kier alpha value is -3.05. The van der Waals surface area contributed by atoms with E-state index < -0.39 is 43.6 Å². The molecule has 0 bridgehead atoms. The van der Waals surface area contributed by atoms with Crippen LogP contribution in [0.15, 0.2) is 42.9 Å². The number of imidazole rings is 1. The number of hydrogen-bond acceptors (Lipinski definition) is 8. The van der Waals surface area contributed by atoms with E-state index in [1.165, 1.54) is 20.5 Å². The average molecular weight is 662 g/mol. The first-order valence-corrected chi connectivity index (χ1v) is 17.8. The Labute approximate surface area is 272 Å². The van der Waals surface area contributed by atoms with Gasteiger partial charge in [0.05, 0.1) is 24.6 Å². The van der Waals surface area contributed by atoms with Crippen molar-refractivity contribution in [2.75, 3.05) is 20.4 Å². The summed E-state index contributed by atoms with van der Waals surface area (Å²) in [6.45, 7) is 5.83. The third-order valence-electron chi connectivity index (χ3n) is 8.31. The van der Waals surface area contributed by atoms with E-state index >= 15 is 0 Å². The van der Waals surface area contributed by atoms with Crippen molar-refractivity contribution in [3.8, 4) is 0 Å². The second-order valence-electron chi connectivity index (χ2n) is 13.5. The number of aromatic amines is 1. The highest BCUT2D eigenvalue weighted by molar-refractivity contribution is 7.53. The second-order valence-corrected chi connectivity index (χ2v) is 15.8. The number of benzene rings is 1. The predicted octanol–water partition coefficient (Wildman–Crippen LogP) is 3.90. The summed E-state index contributed by atoms with van der Waals surface area (Å²) in [5, 5.41) is 19.9. The van der Waals surface area contributed by atoms with Gasteiger partial charge < -0.3 is 35.1 Å². The first-order valence-electron chi connectivity index (χ1n) is 16.1. The topological polar surface area (TPSA) is 172 Å². The molecule has 0 radical (unpaired) electrons. The second kappa shape index (κ2) is 17.8. The Morgan fingerprint density at radius 3 is 2.20 bits per heavy atom. The number of nitrogens with zero attached hydrogens (tertiary/aromatic N) is 1. The Kier molecular flexibility index (Phi) is 14.4. The minimum atomic E-state index is -3.58. The highest BCUT2D eigenvalue weighted by Crippen LogP contribution is 2.47. The standard InChI is InChI=1S/C33H52N5O7P/c1-33(2,3)19-30(40)36-27(17-24-14-10-7-11-15-24)31(41)38-28(18-25-20-34-22-35-25)32(42)37-26(16-23-12-8-6-9-13-23)29(39)21-46(43,44-4)45-5/h7,10-11,14-15,20,22-23,26-29,39H,6,8-9,12-13,16-19,21H2,1-5H3,(H,34,35)(H,36,40)(H,37,42)(H,38,41)/t26-,27-,28-,29-/m0/s1. The Morgan fingerprint density at radius 1 is 0.978 bits per heavy atom. The van der Waals surface area contributed by atoms with Crippen LogP contribution in [0, 0.1) is 11.3 Å². The number of carbonyl (C=O) groups excluding carboxylic acids is 3. The van der Waals surface area contributed by atoms with E-state index in [0.717, 1.165) is 37.7 Å². The molecule has 1 saturated carbocycles. The molecule has 4 atom stereocenters. The maximum absolute atomic E-state index is 14.0. The molecule has 46 heavy (non-hydrogen) atoms. The van der Waals surface area contributed by atoms with Crippen LogP contribution in [0.5, 0.6) is 0 Å². The molecule has 3 amide bonds. The number of aliphatic hydroxyl groups is 1. The molecule has 1 fully saturated rings. The van der Waals surface area contributed by atoms with Gasteiger partial charge in [-0.05, 0) is 23.3 Å². The Morgan fingerprint density at radius 2 is 1.61 bits per heavy atom. The molecule has 5 N–H and O–H groups in total. The number of aromatic nitrogens is 2. The van der Waals surface area contributed by atoms with Gasteiger partial charge in [-0.2, -0.15) is 0 Å². The number of nitrogens with one attached hydrogen (secondary N) is 4. The van der Waals surface area contributed by atoms with Crippen molar-refractivity contribution in [3.63, 3.8) is 0 Å². The fourth-order valence-corrected chi connectivity index (χ4v) is 7.00. The van der Waals surface area contributed by atoms with Crippen molar-refractivity contribution in [2.45, 2.75) is 103 Å². The van der Waals surface area contributed by atoms with Crippen molar-refractivity contribution in [1.29, 1.82) is 0 Å². The molecular formula is C33H52N5O7P. The van der Waals surface area contributed by atoms with Gasteiger partial charge in [-0.25, -0.2) is 4.98 Å². The minimum Gasteiger partial charge on any atom is -0.390 e. The lowest BCUT2D eigenvalue weighted by Crippen LogP contribution is -2.57. The zero-order chi connectivity index (χ0) is 33.7. The van der Waals surface area contributed by atoms with Crippen LogP contribution in [0.4, 0.5) is 0 Å². The maximum Gasteiger partial charge on any atom is 0.332 e. The first-order chi connectivity index (χ1) is 21.8. The van der Waals surface area contributed by atoms with Gasteiger partial charge in [-0.1, -0.05) is 83.2 Å². The number of rotatable bonds is 17. The molecule has 2 aromatic rings. The molecule has 0 unspecified atom stereocenters. The molecular weight excluding hydrogens is 609 g/mol. The Bertz CT molecular complexity index is 1270. The molecule has 13 heteroatoms. The van der Waals surface area contributed by atoms with Crippen molar-refractivity contribution in [3.05, 3.63) is 54.1 Å². The summed E-state index contributed by atoms with van der Waals surface area (Å²) in [6, 6.07) is 6.58. The average Bonchev–Trinajstić information content (AvgIpc) is 3.53. The first kappa shape index (κ1) is 37.4. The van der Waals surface area contributed by atoms with Gasteiger partial charge in [-0.15, -0.1) is 0 Å². The molecule has 256 valence electrons. The zero-order valence-electron chi connectivity index (χ0n) is 27.8. The molecule has 3 rings (SSSR count). The van der Waals surface area contributed by atoms with Gasteiger partial charge in [0.2, 0.25) is 17.7 Å². The van der Waals surface area contributed by atoms with Crippen LogP contribution in [-0.4, -0.2) is 77.4 Å². The van der Waals surface area contributed by atoms with Crippen LogP contribution in [0.1, 0.15) is 77.0 Å². The molecule has 1 aliphatic rings. The zero-order valence-corrected chi connectivity index (χ0v) is 28.7. The molecule has 0 saturated heterocycles. The summed E-state index contributed by atoms with van der Waals surface area (Å²) in [6.07, 6.45) is 7.77. The van der Waals surface area contributed by atoms with Crippen LogP contribution < -0.4 is 16.0 Å².